The third-order valence-electron chi connectivity index (χ3n) is 3.97. The number of amides is 1. The summed E-state index contributed by atoms with van der Waals surface area (Å²) in [6.07, 6.45) is 0.802. The molecule has 1 aliphatic carbocycles. The van der Waals surface area contributed by atoms with Crippen LogP contribution in [0.3, 0.4) is 0 Å². The Morgan fingerprint density at radius 1 is 1.38 bits per heavy atom. The van der Waals surface area contributed by atoms with E-state index in [-0.39, 0.29) is 28.1 Å². The molecule has 0 spiro atoms. The number of thiophene rings is 1. The number of nitro benzene ring substituents is 1. The Hall–Kier alpha value is -2.74. The average Bonchev–Trinajstić information content (AvgIpc) is 3.12. The van der Waals surface area contributed by atoms with Crippen molar-refractivity contribution in [2.24, 2.45) is 11.8 Å². The van der Waals surface area contributed by atoms with Crippen LogP contribution in [0.5, 0.6) is 0 Å². The highest BCUT2D eigenvalue weighted by molar-refractivity contribution is 7.18. The van der Waals surface area contributed by atoms with Crippen LogP contribution in [0.25, 0.3) is 10.4 Å². The second kappa shape index (κ2) is 6.04. The molecular weight excluding hydrogens is 332 g/mol. The maximum absolute atomic E-state index is 12.1. The lowest BCUT2D eigenvalue weighted by Crippen LogP contribution is -2.15. The topological polar surface area (TPSA) is 110 Å². The molecule has 1 saturated carbocycles. The van der Waals surface area contributed by atoms with Crippen LogP contribution in [0.2, 0.25) is 0 Å². The first-order valence-corrected chi connectivity index (χ1v) is 8.11. The van der Waals surface area contributed by atoms with Crippen molar-refractivity contribution in [2.45, 2.75) is 13.3 Å². The summed E-state index contributed by atoms with van der Waals surface area (Å²) in [6, 6.07) is 7.51. The van der Waals surface area contributed by atoms with Crippen molar-refractivity contribution in [2.75, 3.05) is 5.32 Å². The number of nitrogens with one attached hydrogen (secondary N) is 1. The number of carboxylic acids is 1. The van der Waals surface area contributed by atoms with Gasteiger partial charge in [0.2, 0.25) is 5.91 Å². The highest BCUT2D eigenvalue weighted by Crippen LogP contribution is 2.40. The maximum atomic E-state index is 12.1. The van der Waals surface area contributed by atoms with Crippen LogP contribution in [0.4, 0.5) is 11.4 Å². The van der Waals surface area contributed by atoms with Gasteiger partial charge >= 0.3 is 5.97 Å². The number of hydrogen-bond acceptors (Lipinski definition) is 5. The molecule has 1 aromatic heterocycles. The van der Waals surface area contributed by atoms with Crippen LogP contribution < -0.4 is 5.32 Å². The SMILES string of the molecule is C[C@H]1C[C@H]1C(=O)Nc1cc(-c2cccc([N+](=O)[O-])c2)sc1C(=O)O. The van der Waals surface area contributed by atoms with Gasteiger partial charge in [0.1, 0.15) is 4.88 Å². The predicted molar refractivity (Wildman–Crippen MR) is 89.3 cm³/mol. The van der Waals surface area contributed by atoms with E-state index < -0.39 is 10.9 Å². The van der Waals surface area contributed by atoms with E-state index in [1.807, 2.05) is 6.92 Å². The highest BCUT2D eigenvalue weighted by atomic mass is 32.1. The molecule has 8 heteroatoms. The lowest BCUT2D eigenvalue weighted by Gasteiger charge is -2.02. The van der Waals surface area contributed by atoms with Gasteiger partial charge in [0.25, 0.3) is 5.69 Å². The van der Waals surface area contributed by atoms with Crippen LogP contribution in [0.15, 0.2) is 30.3 Å². The Kier molecular flexibility index (Phi) is 4.06. The third-order valence-corrected chi connectivity index (χ3v) is 5.14. The van der Waals surface area contributed by atoms with Crippen LogP contribution in [-0.4, -0.2) is 21.9 Å². The molecule has 0 saturated heterocycles. The summed E-state index contributed by atoms with van der Waals surface area (Å²) in [4.78, 5) is 34.4. The van der Waals surface area contributed by atoms with Crippen molar-refractivity contribution in [1.29, 1.82) is 0 Å². The molecule has 0 aliphatic heterocycles. The molecule has 24 heavy (non-hydrogen) atoms. The average molecular weight is 346 g/mol. The van der Waals surface area contributed by atoms with Crippen molar-refractivity contribution in [1.82, 2.24) is 0 Å². The third kappa shape index (κ3) is 3.13. The summed E-state index contributed by atoms with van der Waals surface area (Å²) in [5.41, 5.74) is 0.699. The second-order valence-corrected chi connectivity index (χ2v) is 6.83. The van der Waals surface area contributed by atoms with Gasteiger partial charge in [-0.25, -0.2) is 4.79 Å². The van der Waals surface area contributed by atoms with Gasteiger partial charge in [-0.2, -0.15) is 0 Å². The van der Waals surface area contributed by atoms with Crippen molar-refractivity contribution in [3.63, 3.8) is 0 Å². The summed E-state index contributed by atoms with van der Waals surface area (Å²) in [6.45, 7) is 1.96. The van der Waals surface area contributed by atoms with E-state index in [2.05, 4.69) is 5.32 Å². The van der Waals surface area contributed by atoms with Crippen molar-refractivity contribution >= 4 is 34.6 Å². The van der Waals surface area contributed by atoms with Crippen LogP contribution in [0, 0.1) is 22.0 Å². The fourth-order valence-corrected chi connectivity index (χ4v) is 3.42. The molecule has 0 radical (unpaired) electrons. The van der Waals surface area contributed by atoms with Gasteiger partial charge in [-0.05, 0) is 24.0 Å². The minimum Gasteiger partial charge on any atom is -0.477 e. The molecule has 0 unspecified atom stereocenters. The summed E-state index contributed by atoms with van der Waals surface area (Å²) >= 11 is 0.979. The number of nitro groups is 1. The molecule has 1 aliphatic rings. The van der Waals surface area contributed by atoms with Crippen molar-refractivity contribution in [3.05, 3.63) is 45.3 Å². The number of nitrogens with zero attached hydrogens (tertiary/aromatic N) is 1. The number of non-ortho nitro benzene ring substituents is 1. The number of carbonyl (C=O) groups excluding carboxylic acids is 1. The van der Waals surface area contributed by atoms with Crippen molar-refractivity contribution < 1.29 is 19.6 Å². The van der Waals surface area contributed by atoms with E-state index in [4.69, 9.17) is 0 Å². The highest BCUT2D eigenvalue weighted by Gasteiger charge is 2.39. The predicted octanol–water partition coefficient (Wildman–Crippen LogP) is 3.62. The van der Waals surface area contributed by atoms with Gasteiger partial charge in [-0.1, -0.05) is 19.1 Å². The van der Waals surface area contributed by atoms with Crippen molar-refractivity contribution in [3.8, 4) is 10.4 Å². The molecular formula is C16H14N2O5S. The lowest BCUT2D eigenvalue weighted by atomic mass is 10.1. The fourth-order valence-electron chi connectivity index (χ4n) is 2.47. The number of carboxylic acid groups (broad SMARTS) is 1. The zero-order chi connectivity index (χ0) is 17.4. The molecule has 1 heterocycles. The summed E-state index contributed by atoms with van der Waals surface area (Å²) in [7, 11) is 0. The molecule has 1 aromatic carbocycles. The van der Waals surface area contributed by atoms with Crippen LogP contribution >= 0.6 is 11.3 Å². The Morgan fingerprint density at radius 2 is 2.08 bits per heavy atom. The summed E-state index contributed by atoms with van der Waals surface area (Å²) < 4.78 is 0. The molecule has 2 atom stereocenters. The molecule has 2 N–H and O–H groups in total. The van der Waals surface area contributed by atoms with Gasteiger partial charge in [0.05, 0.1) is 10.6 Å². The molecule has 1 amide bonds. The number of rotatable bonds is 5. The second-order valence-electron chi connectivity index (χ2n) is 5.77. The Labute approximate surface area is 141 Å². The Morgan fingerprint density at radius 3 is 2.67 bits per heavy atom. The van der Waals surface area contributed by atoms with Gasteiger partial charge in [0, 0.05) is 22.9 Å². The van der Waals surface area contributed by atoms with Gasteiger partial charge < -0.3 is 10.4 Å². The lowest BCUT2D eigenvalue weighted by molar-refractivity contribution is -0.384. The van der Waals surface area contributed by atoms with E-state index >= 15 is 0 Å². The molecule has 3 rings (SSSR count). The van der Waals surface area contributed by atoms with Crippen LogP contribution in [0.1, 0.15) is 23.0 Å². The zero-order valence-corrected chi connectivity index (χ0v) is 13.5. The number of hydrogen-bond donors (Lipinski definition) is 2. The van der Waals surface area contributed by atoms with E-state index in [1.54, 1.807) is 12.1 Å². The minimum atomic E-state index is -1.14. The number of aromatic carboxylic acids is 1. The van der Waals surface area contributed by atoms with E-state index in [0.29, 0.717) is 16.4 Å². The summed E-state index contributed by atoms with van der Waals surface area (Å²) in [5, 5.41) is 22.9. The fraction of sp³-hybridized carbons (Fsp3) is 0.250. The molecule has 1 fully saturated rings. The Bertz CT molecular complexity index is 845. The molecule has 2 aromatic rings. The first-order chi connectivity index (χ1) is 11.4. The smallest absolute Gasteiger partial charge is 0.348 e. The maximum Gasteiger partial charge on any atom is 0.348 e. The molecule has 124 valence electrons. The number of benzene rings is 1. The largest absolute Gasteiger partial charge is 0.477 e. The van der Waals surface area contributed by atoms with Crippen LogP contribution in [-0.2, 0) is 4.79 Å². The first-order valence-electron chi connectivity index (χ1n) is 7.29. The monoisotopic (exact) mass is 346 g/mol. The Balaban J connectivity index is 1.93. The summed E-state index contributed by atoms with van der Waals surface area (Å²) in [5.74, 6) is -1.09. The van der Waals surface area contributed by atoms with Gasteiger partial charge in [0.15, 0.2) is 0 Å². The van der Waals surface area contributed by atoms with Gasteiger partial charge in [-0.15, -0.1) is 11.3 Å². The van der Waals surface area contributed by atoms with E-state index in [1.165, 1.54) is 18.2 Å². The van der Waals surface area contributed by atoms with E-state index in [9.17, 15) is 24.8 Å². The zero-order valence-electron chi connectivity index (χ0n) is 12.7. The van der Waals surface area contributed by atoms with Gasteiger partial charge in [-0.3, -0.25) is 14.9 Å². The standard InChI is InChI=1S/C16H14N2O5S/c1-8-5-11(8)15(19)17-12-7-13(24-14(12)16(20)21)9-3-2-4-10(6-9)18(22)23/h2-4,6-8,11H,5H2,1H3,(H,17,19)(H,20,21)/t8-,11+/m0/s1. The minimum absolute atomic E-state index is 0.0122. The number of carbonyl (C=O) groups is 2. The first kappa shape index (κ1) is 16.1. The normalized spacial score (nSPS) is 18.9. The number of anilines is 1. The quantitative estimate of drug-likeness (QED) is 0.635. The molecule has 0 bridgehead atoms. The van der Waals surface area contributed by atoms with E-state index in [0.717, 1.165) is 17.8 Å². The molecule has 7 nitrogen and oxygen atoms in total.